The summed E-state index contributed by atoms with van der Waals surface area (Å²) < 4.78 is 16.6. The van der Waals surface area contributed by atoms with E-state index in [9.17, 15) is 14.4 Å². The summed E-state index contributed by atoms with van der Waals surface area (Å²) in [5.74, 6) is 0.396. The molecule has 39 heavy (non-hydrogen) atoms. The molecule has 0 aromatic heterocycles. The molecule has 0 unspecified atom stereocenters. The van der Waals surface area contributed by atoms with Crippen LogP contribution in [0.4, 0.5) is 4.79 Å². The Morgan fingerprint density at radius 1 is 1.03 bits per heavy atom. The number of methoxy groups -OCH3 is 2. The standard InChI is InChI=1S/C29H36N4O6/c1-6-39-28(35)24-22(18-32-15-16-33(19(2)17-32)27(34)20-11-8-7-9-12-20)31(3)29(36)30-25(24)21-13-10-14-23(37-4)26(21)38-5/h7-14,19,25H,6,15-18H2,1-5H3,(H,30,36)/t19-,25-/m1/s1. The fraction of sp³-hybridized carbons (Fsp3) is 0.414. The second kappa shape index (κ2) is 12.2. The first kappa shape index (κ1) is 28.0. The molecule has 2 aliphatic rings. The fourth-order valence-electron chi connectivity index (χ4n) is 5.21. The number of ether oxygens (including phenoxy) is 3. The fourth-order valence-corrected chi connectivity index (χ4v) is 5.21. The monoisotopic (exact) mass is 536 g/mol. The lowest BCUT2D eigenvalue weighted by Gasteiger charge is -2.42. The molecule has 1 N–H and O–H groups in total. The molecule has 0 bridgehead atoms. The lowest BCUT2D eigenvalue weighted by atomic mass is 9.93. The highest BCUT2D eigenvalue weighted by Gasteiger charge is 2.40. The van der Waals surface area contributed by atoms with Crippen molar-refractivity contribution in [1.82, 2.24) is 20.0 Å². The second-order valence-corrected chi connectivity index (χ2v) is 9.55. The molecule has 2 aromatic carbocycles. The predicted molar refractivity (Wildman–Crippen MR) is 146 cm³/mol. The van der Waals surface area contributed by atoms with E-state index in [0.717, 1.165) is 0 Å². The average Bonchev–Trinajstić information content (AvgIpc) is 2.95. The van der Waals surface area contributed by atoms with Gasteiger partial charge in [0.05, 0.1) is 32.4 Å². The first-order valence-corrected chi connectivity index (χ1v) is 13.0. The minimum absolute atomic E-state index is 0.00600. The van der Waals surface area contributed by atoms with Crippen molar-refractivity contribution >= 4 is 17.9 Å². The van der Waals surface area contributed by atoms with E-state index in [4.69, 9.17) is 14.2 Å². The number of urea groups is 1. The van der Waals surface area contributed by atoms with Crippen molar-refractivity contribution in [2.75, 3.05) is 54.1 Å². The van der Waals surface area contributed by atoms with Gasteiger partial charge in [-0.25, -0.2) is 9.59 Å². The van der Waals surface area contributed by atoms with Gasteiger partial charge in [0.25, 0.3) is 5.91 Å². The van der Waals surface area contributed by atoms with E-state index in [1.165, 1.54) is 19.1 Å². The molecule has 2 aliphatic heterocycles. The number of piperazine rings is 1. The number of likely N-dealkylation sites (N-methyl/N-ethyl adjacent to an activating group) is 1. The number of amides is 3. The van der Waals surface area contributed by atoms with Gasteiger partial charge in [-0.1, -0.05) is 30.3 Å². The van der Waals surface area contributed by atoms with E-state index < -0.39 is 12.0 Å². The van der Waals surface area contributed by atoms with Crippen LogP contribution in [-0.2, 0) is 9.53 Å². The highest BCUT2D eigenvalue weighted by Crippen LogP contribution is 2.40. The summed E-state index contributed by atoms with van der Waals surface area (Å²) in [6.45, 7) is 5.97. The minimum atomic E-state index is -0.800. The van der Waals surface area contributed by atoms with Crippen LogP contribution in [0.2, 0.25) is 0 Å². The van der Waals surface area contributed by atoms with E-state index in [1.54, 1.807) is 32.2 Å². The number of para-hydroxylation sites is 1. The van der Waals surface area contributed by atoms with Crippen LogP contribution in [0.1, 0.15) is 35.8 Å². The highest BCUT2D eigenvalue weighted by atomic mass is 16.5. The molecule has 0 spiro atoms. The van der Waals surface area contributed by atoms with Gasteiger partial charge in [0.2, 0.25) is 0 Å². The number of hydrogen-bond donors (Lipinski definition) is 1. The van der Waals surface area contributed by atoms with E-state index in [2.05, 4.69) is 10.2 Å². The summed E-state index contributed by atoms with van der Waals surface area (Å²) in [5.41, 5.74) is 2.12. The van der Waals surface area contributed by atoms with Crippen molar-refractivity contribution in [1.29, 1.82) is 0 Å². The minimum Gasteiger partial charge on any atom is -0.493 e. The van der Waals surface area contributed by atoms with Gasteiger partial charge < -0.3 is 24.4 Å². The van der Waals surface area contributed by atoms with Crippen LogP contribution in [0.5, 0.6) is 11.5 Å². The van der Waals surface area contributed by atoms with Crippen LogP contribution in [0.15, 0.2) is 59.8 Å². The van der Waals surface area contributed by atoms with Gasteiger partial charge in [0.1, 0.15) is 0 Å². The lowest BCUT2D eigenvalue weighted by molar-refractivity contribution is -0.139. The van der Waals surface area contributed by atoms with E-state index in [-0.39, 0.29) is 24.6 Å². The third-order valence-corrected chi connectivity index (χ3v) is 7.18. The molecule has 10 nitrogen and oxygen atoms in total. The highest BCUT2D eigenvalue weighted by molar-refractivity contribution is 5.96. The Labute approximate surface area is 229 Å². The van der Waals surface area contributed by atoms with Gasteiger partial charge in [0.15, 0.2) is 11.5 Å². The van der Waals surface area contributed by atoms with Gasteiger partial charge in [-0.15, -0.1) is 0 Å². The van der Waals surface area contributed by atoms with Gasteiger partial charge in [-0.2, -0.15) is 0 Å². The van der Waals surface area contributed by atoms with Crippen molar-refractivity contribution in [3.05, 3.63) is 70.9 Å². The summed E-state index contributed by atoms with van der Waals surface area (Å²) in [6, 6.07) is 13.4. The summed E-state index contributed by atoms with van der Waals surface area (Å²) >= 11 is 0. The van der Waals surface area contributed by atoms with Gasteiger partial charge in [0, 0.05) is 56.1 Å². The third kappa shape index (κ3) is 5.70. The molecular weight excluding hydrogens is 500 g/mol. The molecule has 4 rings (SSSR count). The summed E-state index contributed by atoms with van der Waals surface area (Å²) in [5, 5.41) is 2.94. The normalized spacial score (nSPS) is 20.0. The molecular formula is C29H36N4O6. The zero-order chi connectivity index (χ0) is 28.1. The Kier molecular flexibility index (Phi) is 8.75. The number of nitrogens with one attached hydrogen (secondary N) is 1. The first-order valence-electron chi connectivity index (χ1n) is 13.0. The molecule has 1 saturated heterocycles. The van der Waals surface area contributed by atoms with Gasteiger partial charge >= 0.3 is 12.0 Å². The quantitative estimate of drug-likeness (QED) is 0.518. The third-order valence-electron chi connectivity index (χ3n) is 7.18. The molecule has 2 aromatic rings. The van der Waals surface area contributed by atoms with Gasteiger partial charge in [-0.05, 0) is 32.0 Å². The van der Waals surface area contributed by atoms with E-state index in [1.807, 2.05) is 42.2 Å². The number of carbonyl (C=O) groups excluding carboxylic acids is 3. The molecule has 208 valence electrons. The zero-order valence-corrected chi connectivity index (χ0v) is 23.1. The Morgan fingerprint density at radius 2 is 1.77 bits per heavy atom. The molecule has 10 heteroatoms. The summed E-state index contributed by atoms with van der Waals surface area (Å²) in [7, 11) is 4.69. The Balaban J connectivity index is 1.66. The largest absolute Gasteiger partial charge is 0.493 e. The van der Waals surface area contributed by atoms with Crippen LogP contribution in [-0.4, -0.2) is 92.7 Å². The predicted octanol–water partition coefficient (Wildman–Crippen LogP) is 3.06. The van der Waals surface area contributed by atoms with Crippen LogP contribution in [0.25, 0.3) is 0 Å². The molecule has 2 atom stereocenters. The maximum absolute atomic E-state index is 13.4. The summed E-state index contributed by atoms with van der Waals surface area (Å²) in [6.07, 6.45) is 0. The van der Waals surface area contributed by atoms with Crippen LogP contribution >= 0.6 is 0 Å². The van der Waals surface area contributed by atoms with Crippen molar-refractivity contribution in [3.63, 3.8) is 0 Å². The summed E-state index contributed by atoms with van der Waals surface area (Å²) in [4.78, 5) is 45.1. The molecule has 0 radical (unpaired) electrons. The van der Waals surface area contributed by atoms with Crippen LogP contribution < -0.4 is 14.8 Å². The number of esters is 1. The average molecular weight is 537 g/mol. The van der Waals surface area contributed by atoms with Crippen LogP contribution in [0, 0.1) is 0 Å². The Morgan fingerprint density at radius 3 is 2.41 bits per heavy atom. The first-order chi connectivity index (χ1) is 18.8. The number of rotatable bonds is 8. The number of carbonyl (C=O) groups is 3. The maximum Gasteiger partial charge on any atom is 0.338 e. The molecule has 0 saturated carbocycles. The van der Waals surface area contributed by atoms with E-state index in [0.29, 0.717) is 60.1 Å². The zero-order valence-electron chi connectivity index (χ0n) is 23.1. The molecule has 1 fully saturated rings. The van der Waals surface area contributed by atoms with Crippen molar-refractivity contribution in [2.24, 2.45) is 0 Å². The number of hydrogen-bond acceptors (Lipinski definition) is 7. The van der Waals surface area contributed by atoms with Crippen molar-refractivity contribution < 1.29 is 28.6 Å². The van der Waals surface area contributed by atoms with Gasteiger partial charge in [-0.3, -0.25) is 14.6 Å². The maximum atomic E-state index is 13.4. The van der Waals surface area contributed by atoms with Crippen molar-refractivity contribution in [3.8, 4) is 11.5 Å². The van der Waals surface area contributed by atoms with Crippen LogP contribution in [0.3, 0.4) is 0 Å². The SMILES string of the molecule is CCOC(=O)C1=C(CN2CCN(C(=O)c3ccccc3)[C@H](C)C2)N(C)C(=O)N[C@@H]1c1cccc(OC)c1OC. The van der Waals surface area contributed by atoms with E-state index >= 15 is 0 Å². The smallest absolute Gasteiger partial charge is 0.338 e. The second-order valence-electron chi connectivity index (χ2n) is 9.55. The van der Waals surface area contributed by atoms with Crippen molar-refractivity contribution in [2.45, 2.75) is 25.9 Å². The molecule has 3 amide bonds. The lowest BCUT2D eigenvalue weighted by Crippen LogP contribution is -2.56. The Bertz CT molecular complexity index is 1250. The topological polar surface area (TPSA) is 101 Å². The molecule has 2 heterocycles. The number of benzene rings is 2. The molecule has 0 aliphatic carbocycles. The number of nitrogens with zero attached hydrogens (tertiary/aromatic N) is 3. The Hall–Kier alpha value is -4.05.